The maximum Gasteiger partial charge on any atom is 0.457 e. The Balaban J connectivity index is 0. The first-order valence-electron chi connectivity index (χ1n) is 3.22. The largest absolute Gasteiger partial charge is 0.485 e. The van der Waals surface area contributed by atoms with Crippen molar-refractivity contribution >= 4 is 31.5 Å². The Morgan fingerprint density at radius 3 is 1.42 bits per heavy atom. The summed E-state index contributed by atoms with van der Waals surface area (Å²) in [6, 6.07) is 0. The van der Waals surface area contributed by atoms with E-state index >= 15 is 0 Å². The summed E-state index contributed by atoms with van der Waals surface area (Å²) in [7, 11) is -2.53. The van der Waals surface area contributed by atoms with E-state index in [0.717, 1.165) is 0 Å². The van der Waals surface area contributed by atoms with Gasteiger partial charge in [-0.1, -0.05) is 0 Å². The fraction of sp³-hybridized carbons (Fsp3) is 0.667. The SMILES string of the molecule is CC(=O)O[Si](C)(C)OC(C)=O.[SiH4]. The Morgan fingerprint density at radius 1 is 1.00 bits per heavy atom. The fourth-order valence-corrected chi connectivity index (χ4v) is 2.14. The van der Waals surface area contributed by atoms with E-state index in [2.05, 4.69) is 0 Å². The van der Waals surface area contributed by atoms with E-state index in [-0.39, 0.29) is 11.0 Å². The van der Waals surface area contributed by atoms with Gasteiger partial charge in [-0.3, -0.25) is 9.59 Å². The Bertz CT molecular complexity index is 160. The quantitative estimate of drug-likeness (QED) is 0.567. The average Bonchev–Trinajstić information content (AvgIpc) is 1.53. The lowest BCUT2D eigenvalue weighted by atomic mass is 10.9. The molecule has 0 spiro atoms. The molecule has 0 saturated carbocycles. The van der Waals surface area contributed by atoms with E-state index in [9.17, 15) is 9.59 Å². The van der Waals surface area contributed by atoms with Gasteiger partial charge < -0.3 is 8.85 Å². The highest BCUT2D eigenvalue weighted by Crippen LogP contribution is 2.06. The van der Waals surface area contributed by atoms with Crippen LogP contribution in [-0.2, 0) is 18.4 Å². The van der Waals surface area contributed by atoms with Crippen molar-refractivity contribution in [3.05, 3.63) is 0 Å². The lowest BCUT2D eigenvalue weighted by molar-refractivity contribution is -0.138. The van der Waals surface area contributed by atoms with Crippen molar-refractivity contribution < 1.29 is 18.4 Å². The topological polar surface area (TPSA) is 52.6 Å². The number of hydrogen-bond acceptors (Lipinski definition) is 4. The summed E-state index contributed by atoms with van der Waals surface area (Å²) < 4.78 is 9.61. The van der Waals surface area contributed by atoms with Crippen molar-refractivity contribution in [2.45, 2.75) is 26.9 Å². The highest BCUT2D eigenvalue weighted by atomic mass is 28.4. The van der Waals surface area contributed by atoms with Gasteiger partial charge in [0.25, 0.3) is 11.9 Å². The molecule has 6 heteroatoms. The predicted molar refractivity (Wildman–Crippen MR) is 52.3 cm³/mol. The predicted octanol–water partition coefficient (Wildman–Crippen LogP) is -0.637. The van der Waals surface area contributed by atoms with Crippen LogP contribution in [0.25, 0.3) is 0 Å². The zero-order valence-corrected chi connectivity index (χ0v) is 8.13. The van der Waals surface area contributed by atoms with Gasteiger partial charge in [0.15, 0.2) is 0 Å². The first-order valence-corrected chi connectivity index (χ1v) is 6.04. The van der Waals surface area contributed by atoms with Gasteiger partial charge in [-0.2, -0.15) is 0 Å². The summed E-state index contributed by atoms with van der Waals surface area (Å²) in [6.45, 7) is 5.85. The molecule has 0 aliphatic carbocycles. The normalized spacial score (nSPS) is 9.67. The van der Waals surface area contributed by atoms with Gasteiger partial charge in [0.1, 0.15) is 0 Å². The van der Waals surface area contributed by atoms with Gasteiger partial charge in [0.05, 0.1) is 0 Å². The molecule has 0 aromatic rings. The van der Waals surface area contributed by atoms with Gasteiger partial charge >= 0.3 is 8.56 Å². The van der Waals surface area contributed by atoms with Gasteiger partial charge in [-0.25, -0.2) is 0 Å². The van der Waals surface area contributed by atoms with Gasteiger partial charge in [0.2, 0.25) is 0 Å². The third kappa shape index (κ3) is 7.48. The van der Waals surface area contributed by atoms with Crippen LogP contribution in [0, 0.1) is 0 Å². The summed E-state index contributed by atoms with van der Waals surface area (Å²) >= 11 is 0. The van der Waals surface area contributed by atoms with Crippen molar-refractivity contribution in [3.63, 3.8) is 0 Å². The van der Waals surface area contributed by atoms with Gasteiger partial charge in [-0.05, 0) is 11.0 Å². The standard InChI is InChI=1S/C6H12O4Si.H4Si/c1-5(7)9-11(3,4)10-6(2)8;/h1-4H3;1H4. The molecule has 0 N–H and O–H groups in total. The molecule has 0 rings (SSSR count). The molecule has 0 fully saturated rings. The van der Waals surface area contributed by atoms with Crippen LogP contribution in [-0.4, -0.2) is 31.5 Å². The molecule has 0 aliphatic rings. The van der Waals surface area contributed by atoms with E-state index in [4.69, 9.17) is 8.85 Å². The van der Waals surface area contributed by atoms with Crippen LogP contribution in [0.3, 0.4) is 0 Å². The molecular weight excluding hydrogens is 192 g/mol. The van der Waals surface area contributed by atoms with E-state index in [1.165, 1.54) is 13.8 Å². The molecule has 0 aliphatic heterocycles. The molecule has 0 radical (unpaired) electrons. The first-order chi connectivity index (χ1) is 4.83. The number of carbonyl (C=O) groups is 2. The Morgan fingerprint density at radius 2 is 1.25 bits per heavy atom. The highest BCUT2D eigenvalue weighted by Gasteiger charge is 2.30. The van der Waals surface area contributed by atoms with Crippen molar-refractivity contribution in [1.29, 1.82) is 0 Å². The molecule has 0 bridgehead atoms. The molecule has 12 heavy (non-hydrogen) atoms. The second-order valence-corrected chi connectivity index (χ2v) is 5.80. The van der Waals surface area contributed by atoms with Crippen LogP contribution in [0.2, 0.25) is 13.1 Å². The number of hydrogen-bond donors (Lipinski definition) is 0. The molecule has 0 saturated heterocycles. The zero-order valence-electron chi connectivity index (χ0n) is 7.13. The van der Waals surface area contributed by atoms with E-state index in [1.807, 2.05) is 0 Å². The minimum absolute atomic E-state index is 0. The summed E-state index contributed by atoms with van der Waals surface area (Å²) in [5.74, 6) is -0.828. The van der Waals surface area contributed by atoms with Crippen LogP contribution in [0.1, 0.15) is 13.8 Å². The summed E-state index contributed by atoms with van der Waals surface area (Å²) in [4.78, 5) is 20.9. The summed E-state index contributed by atoms with van der Waals surface area (Å²) in [6.07, 6.45) is 0. The Hall–Kier alpha value is -0.626. The van der Waals surface area contributed by atoms with Crippen LogP contribution < -0.4 is 0 Å². The van der Waals surface area contributed by atoms with Crippen LogP contribution >= 0.6 is 0 Å². The third-order valence-electron chi connectivity index (χ3n) is 0.779. The molecule has 4 nitrogen and oxygen atoms in total. The molecule has 0 heterocycles. The molecular formula is C6H16O4Si2. The molecule has 0 aromatic carbocycles. The number of carbonyl (C=O) groups excluding carboxylic acids is 2. The minimum Gasteiger partial charge on any atom is -0.485 e. The molecule has 0 amide bonds. The molecule has 0 aromatic heterocycles. The smallest absolute Gasteiger partial charge is 0.457 e. The Kier molecular flexibility index (Phi) is 5.92. The molecule has 0 atom stereocenters. The monoisotopic (exact) mass is 208 g/mol. The lowest BCUT2D eigenvalue weighted by Gasteiger charge is -2.19. The Labute approximate surface area is 77.5 Å². The third-order valence-corrected chi connectivity index (χ3v) is 2.34. The van der Waals surface area contributed by atoms with Crippen molar-refractivity contribution in [1.82, 2.24) is 0 Å². The molecule has 72 valence electrons. The van der Waals surface area contributed by atoms with Crippen LogP contribution in [0.4, 0.5) is 0 Å². The molecule has 0 unspecified atom stereocenters. The average molecular weight is 208 g/mol. The van der Waals surface area contributed by atoms with Crippen molar-refractivity contribution in [2.75, 3.05) is 0 Å². The van der Waals surface area contributed by atoms with Gasteiger partial charge in [-0.15, -0.1) is 0 Å². The number of rotatable bonds is 2. The maximum atomic E-state index is 10.5. The minimum atomic E-state index is -2.53. The van der Waals surface area contributed by atoms with Crippen LogP contribution in [0.5, 0.6) is 0 Å². The summed E-state index contributed by atoms with van der Waals surface area (Å²) in [5, 5.41) is 0. The maximum absolute atomic E-state index is 10.5. The van der Waals surface area contributed by atoms with E-state index in [1.54, 1.807) is 13.1 Å². The second kappa shape index (κ2) is 5.10. The van der Waals surface area contributed by atoms with E-state index < -0.39 is 20.5 Å². The van der Waals surface area contributed by atoms with Gasteiger partial charge in [0, 0.05) is 26.9 Å². The zero-order chi connectivity index (χ0) is 9.07. The van der Waals surface area contributed by atoms with Crippen LogP contribution in [0.15, 0.2) is 0 Å². The van der Waals surface area contributed by atoms with Crippen molar-refractivity contribution in [3.8, 4) is 0 Å². The van der Waals surface area contributed by atoms with Crippen molar-refractivity contribution in [2.24, 2.45) is 0 Å². The second-order valence-electron chi connectivity index (χ2n) is 2.59. The fourth-order valence-electron chi connectivity index (χ4n) is 0.713. The summed E-state index contributed by atoms with van der Waals surface area (Å²) in [5.41, 5.74) is 0. The lowest BCUT2D eigenvalue weighted by Crippen LogP contribution is -2.38. The highest BCUT2D eigenvalue weighted by molar-refractivity contribution is 6.67. The van der Waals surface area contributed by atoms with E-state index in [0.29, 0.717) is 0 Å². The first kappa shape index (κ1) is 13.9.